The number of benzene rings is 3. The van der Waals surface area contributed by atoms with Crippen LogP contribution in [-0.2, 0) is 4.79 Å². The highest BCUT2D eigenvalue weighted by atomic mass is 35.5. The molecule has 1 heterocycles. The molecule has 4 rings (SSSR count). The number of methoxy groups -OCH3 is 1. The highest BCUT2D eigenvalue weighted by molar-refractivity contribution is 6.31. The maximum absolute atomic E-state index is 13.5. The maximum atomic E-state index is 13.5. The molecule has 0 unspecified atom stereocenters. The lowest BCUT2D eigenvalue weighted by Gasteiger charge is -2.14. The summed E-state index contributed by atoms with van der Waals surface area (Å²) in [6, 6.07) is 14.6. The van der Waals surface area contributed by atoms with Crippen molar-refractivity contribution in [2.24, 2.45) is 0 Å². The van der Waals surface area contributed by atoms with Gasteiger partial charge in [-0.05, 0) is 54.5 Å². The van der Waals surface area contributed by atoms with Crippen LogP contribution in [0, 0.1) is 17.7 Å². The minimum absolute atomic E-state index is 0.00609. The van der Waals surface area contributed by atoms with Crippen molar-refractivity contribution in [1.82, 2.24) is 9.97 Å². The number of rotatable bonds is 9. The van der Waals surface area contributed by atoms with E-state index in [1.165, 1.54) is 25.6 Å². The number of aromatic nitrogens is 2. The second-order valence-corrected chi connectivity index (χ2v) is 7.96. The number of hydrogen-bond donors (Lipinski definition) is 2. The van der Waals surface area contributed by atoms with Gasteiger partial charge in [0.2, 0.25) is 5.78 Å². The van der Waals surface area contributed by atoms with Gasteiger partial charge >= 0.3 is 0 Å². The zero-order chi connectivity index (χ0) is 26.2. The van der Waals surface area contributed by atoms with Gasteiger partial charge in [0.05, 0.1) is 17.6 Å². The molecule has 0 amide bonds. The number of nitrogens with one attached hydrogen (secondary N) is 1. The van der Waals surface area contributed by atoms with Crippen molar-refractivity contribution in [1.29, 1.82) is 0 Å². The zero-order valence-electron chi connectivity index (χ0n) is 19.6. The molecule has 4 aromatic rings. The summed E-state index contributed by atoms with van der Waals surface area (Å²) in [6.45, 7) is -0.137. The van der Waals surface area contributed by atoms with E-state index in [4.69, 9.17) is 30.9 Å². The third-order valence-corrected chi connectivity index (χ3v) is 5.35. The van der Waals surface area contributed by atoms with E-state index in [0.29, 0.717) is 45.2 Å². The molecule has 8 nitrogen and oxygen atoms in total. The van der Waals surface area contributed by atoms with Gasteiger partial charge < -0.3 is 24.6 Å². The molecular formula is C27H21ClFN3O5. The Morgan fingerprint density at radius 1 is 1.05 bits per heavy atom. The monoisotopic (exact) mass is 521 g/mol. The minimum Gasteiger partial charge on any atom is -0.493 e. The normalized spacial score (nSPS) is 10.4. The average Bonchev–Trinajstić information content (AvgIpc) is 2.92. The molecule has 37 heavy (non-hydrogen) atoms. The lowest BCUT2D eigenvalue weighted by atomic mass is 10.2. The first kappa shape index (κ1) is 25.7. The third-order valence-electron chi connectivity index (χ3n) is 5.06. The van der Waals surface area contributed by atoms with Gasteiger partial charge in [-0.25, -0.2) is 14.4 Å². The molecule has 0 fully saturated rings. The van der Waals surface area contributed by atoms with Gasteiger partial charge in [-0.3, -0.25) is 4.79 Å². The van der Waals surface area contributed by atoms with Gasteiger partial charge in [0.15, 0.2) is 11.5 Å². The molecule has 0 radical (unpaired) electrons. The summed E-state index contributed by atoms with van der Waals surface area (Å²) in [7, 11) is 1.53. The smallest absolute Gasteiger partial charge is 0.231 e. The Hall–Kier alpha value is -4.39. The quantitative estimate of drug-likeness (QED) is 0.244. The fourth-order valence-electron chi connectivity index (χ4n) is 3.27. The molecule has 0 aliphatic rings. The lowest BCUT2D eigenvalue weighted by Crippen LogP contribution is -2.09. The van der Waals surface area contributed by atoms with Crippen LogP contribution in [0.15, 0.2) is 60.9 Å². The maximum Gasteiger partial charge on any atom is 0.231 e. The zero-order valence-corrected chi connectivity index (χ0v) is 20.4. The minimum atomic E-state index is -0.607. The van der Waals surface area contributed by atoms with Crippen molar-refractivity contribution in [3.8, 4) is 29.1 Å². The van der Waals surface area contributed by atoms with Crippen molar-refractivity contribution < 1.29 is 28.5 Å². The second kappa shape index (κ2) is 12.0. The van der Waals surface area contributed by atoms with E-state index >= 15 is 0 Å². The van der Waals surface area contributed by atoms with E-state index in [0.717, 1.165) is 0 Å². The second-order valence-electron chi connectivity index (χ2n) is 7.55. The largest absolute Gasteiger partial charge is 0.493 e. The van der Waals surface area contributed by atoms with E-state index in [1.807, 2.05) is 0 Å². The lowest BCUT2D eigenvalue weighted by molar-refractivity contribution is -0.116. The molecular weight excluding hydrogens is 501 g/mol. The Morgan fingerprint density at radius 2 is 1.84 bits per heavy atom. The first-order valence-electron chi connectivity index (χ1n) is 11.0. The Bertz CT molecular complexity index is 1490. The van der Waals surface area contributed by atoms with Crippen molar-refractivity contribution in [2.45, 2.75) is 0 Å². The van der Waals surface area contributed by atoms with E-state index in [2.05, 4.69) is 27.1 Å². The molecule has 0 atom stereocenters. The standard InChI is InChI=1S/C27H21ClFN3O5/c1-35-25-14-24-21(27(31-16-30-24)32-18-5-9-23(29)22(28)12-18)13-26(25)37-11-10-36-20-7-3-17(4-8-20)2-6-19(34)15-33/h3-5,7-9,12-14,16,33H,10-11,15H2,1H3,(H,30,31,32). The Labute approximate surface area is 217 Å². The number of halogens is 2. The fourth-order valence-corrected chi connectivity index (χ4v) is 3.45. The number of Topliss-reactive ketones (excluding diaryl/α,β-unsaturated/α-hetero) is 1. The average molecular weight is 522 g/mol. The van der Waals surface area contributed by atoms with Gasteiger partial charge in [-0.2, -0.15) is 0 Å². The topological polar surface area (TPSA) is 103 Å². The van der Waals surface area contributed by atoms with Crippen molar-refractivity contribution in [3.05, 3.63) is 77.3 Å². The predicted molar refractivity (Wildman–Crippen MR) is 137 cm³/mol. The van der Waals surface area contributed by atoms with Crippen LogP contribution >= 0.6 is 11.6 Å². The molecule has 10 heteroatoms. The van der Waals surface area contributed by atoms with Crippen LogP contribution < -0.4 is 19.5 Å². The Kier molecular flexibility index (Phi) is 8.36. The van der Waals surface area contributed by atoms with Crippen molar-refractivity contribution >= 4 is 39.8 Å². The number of aliphatic hydroxyl groups excluding tert-OH is 1. The molecule has 0 aliphatic carbocycles. The van der Waals surface area contributed by atoms with Crippen molar-refractivity contribution in [3.63, 3.8) is 0 Å². The van der Waals surface area contributed by atoms with Crippen molar-refractivity contribution in [2.75, 3.05) is 32.2 Å². The predicted octanol–water partition coefficient (Wildman–Crippen LogP) is 4.55. The fraction of sp³-hybridized carbons (Fsp3) is 0.148. The molecule has 0 saturated carbocycles. The van der Waals surface area contributed by atoms with Crippen LogP contribution in [0.3, 0.4) is 0 Å². The first-order valence-corrected chi connectivity index (χ1v) is 11.4. The van der Waals surface area contributed by atoms with Gasteiger partial charge in [0, 0.05) is 22.7 Å². The Morgan fingerprint density at radius 3 is 2.57 bits per heavy atom. The SMILES string of the molecule is COc1cc2ncnc(Nc3ccc(F)c(Cl)c3)c2cc1OCCOc1ccc(C#CC(=O)CO)cc1. The van der Waals surface area contributed by atoms with Crippen LogP contribution in [-0.4, -0.2) is 47.8 Å². The molecule has 0 aliphatic heterocycles. The van der Waals surface area contributed by atoms with Crippen LogP contribution in [0.1, 0.15) is 5.56 Å². The number of anilines is 2. The van der Waals surface area contributed by atoms with E-state index in [-0.39, 0.29) is 18.2 Å². The molecule has 2 N–H and O–H groups in total. The number of carbonyl (C=O) groups is 1. The molecule has 0 saturated heterocycles. The van der Waals surface area contributed by atoms with Gasteiger partial charge in [0.25, 0.3) is 0 Å². The Balaban J connectivity index is 1.43. The third kappa shape index (κ3) is 6.64. The number of ketones is 1. The number of carbonyl (C=O) groups excluding carboxylic acids is 1. The number of hydrogen-bond acceptors (Lipinski definition) is 8. The molecule has 0 bridgehead atoms. The number of nitrogens with zero attached hydrogens (tertiary/aromatic N) is 2. The summed E-state index contributed by atoms with van der Waals surface area (Å²) in [5.41, 5.74) is 1.81. The number of fused-ring (bicyclic) bond motifs is 1. The molecule has 0 spiro atoms. The van der Waals surface area contributed by atoms with Crippen LogP contribution in [0.2, 0.25) is 5.02 Å². The summed E-state index contributed by atoms with van der Waals surface area (Å²) in [4.78, 5) is 19.7. The molecule has 188 valence electrons. The summed E-state index contributed by atoms with van der Waals surface area (Å²) in [5, 5.41) is 12.5. The van der Waals surface area contributed by atoms with Gasteiger partial charge in [0.1, 0.15) is 43.5 Å². The summed E-state index contributed by atoms with van der Waals surface area (Å²) in [6.07, 6.45) is 1.41. The van der Waals surface area contributed by atoms with E-state index in [9.17, 15) is 9.18 Å². The number of aliphatic hydroxyl groups is 1. The van der Waals surface area contributed by atoms with Crippen LogP contribution in [0.5, 0.6) is 17.2 Å². The summed E-state index contributed by atoms with van der Waals surface area (Å²) < 4.78 is 30.6. The van der Waals surface area contributed by atoms with Gasteiger partial charge in [-0.15, -0.1) is 0 Å². The summed E-state index contributed by atoms with van der Waals surface area (Å²) >= 11 is 5.89. The molecule has 3 aromatic carbocycles. The van der Waals surface area contributed by atoms with E-state index in [1.54, 1.807) is 42.5 Å². The van der Waals surface area contributed by atoms with Crippen LogP contribution in [0.25, 0.3) is 10.9 Å². The van der Waals surface area contributed by atoms with E-state index < -0.39 is 18.2 Å². The van der Waals surface area contributed by atoms with Gasteiger partial charge in [-0.1, -0.05) is 17.5 Å². The highest BCUT2D eigenvalue weighted by Crippen LogP contribution is 2.35. The molecule has 1 aromatic heterocycles. The summed E-state index contributed by atoms with van der Waals surface area (Å²) in [5.74, 6) is 5.99. The highest BCUT2D eigenvalue weighted by Gasteiger charge is 2.13. The number of ether oxygens (including phenoxy) is 3. The van der Waals surface area contributed by atoms with Crippen LogP contribution in [0.4, 0.5) is 15.9 Å². The first-order chi connectivity index (χ1) is 18.0.